The summed E-state index contributed by atoms with van der Waals surface area (Å²) in [6.45, 7) is 2.53. The van der Waals surface area contributed by atoms with Crippen molar-refractivity contribution in [1.29, 1.82) is 5.26 Å². The van der Waals surface area contributed by atoms with Crippen LogP contribution in [-0.2, 0) is 12.8 Å². The van der Waals surface area contributed by atoms with E-state index in [9.17, 15) is 0 Å². The number of aryl methyl sites for hydroxylation is 2. The first-order valence-corrected chi connectivity index (χ1v) is 10.5. The minimum Gasteiger partial charge on any atom is -0.425 e. The van der Waals surface area contributed by atoms with Gasteiger partial charge in [-0.2, -0.15) is 5.26 Å². The number of fused-ring (bicyclic) bond motifs is 1. The number of nitriles is 1. The lowest BCUT2D eigenvalue weighted by atomic mass is 10.0. The van der Waals surface area contributed by atoms with Crippen LogP contribution in [0.1, 0.15) is 36.8 Å². The van der Waals surface area contributed by atoms with Gasteiger partial charge in [-0.25, -0.2) is 0 Å². The quantitative estimate of drug-likeness (QED) is 0.339. The highest BCUT2D eigenvalue weighted by molar-refractivity contribution is 5.93. The summed E-state index contributed by atoms with van der Waals surface area (Å²) in [5.41, 5.74) is 3.85. The van der Waals surface area contributed by atoms with E-state index in [0.29, 0.717) is 11.8 Å². The standard InChI is InChI=1S/C24H28N4O/c1-27(24(26-18-25)29-23-7-3-2-4-8-23)22-14-10-19-9-12-21(13-11-20(19)17-22)28-15-5-6-16-28/h2-4,7-8,10,14,17,21H,5-6,9,11-13,15-16H2,1H3/b26-24-. The summed E-state index contributed by atoms with van der Waals surface area (Å²) in [5, 5.41) is 9.12. The van der Waals surface area contributed by atoms with Crippen LogP contribution in [0, 0.1) is 11.5 Å². The van der Waals surface area contributed by atoms with E-state index in [-0.39, 0.29) is 6.02 Å². The van der Waals surface area contributed by atoms with Crippen molar-refractivity contribution in [1.82, 2.24) is 4.90 Å². The Balaban J connectivity index is 1.50. The van der Waals surface area contributed by atoms with Crippen LogP contribution in [-0.4, -0.2) is 37.1 Å². The third-order valence-electron chi connectivity index (χ3n) is 6.11. The lowest BCUT2D eigenvalue weighted by molar-refractivity contribution is 0.222. The zero-order chi connectivity index (χ0) is 20.1. The van der Waals surface area contributed by atoms with E-state index < -0.39 is 0 Å². The topological polar surface area (TPSA) is 51.9 Å². The average molecular weight is 389 g/mol. The fourth-order valence-electron chi connectivity index (χ4n) is 4.47. The van der Waals surface area contributed by atoms with Crippen LogP contribution >= 0.6 is 0 Å². The van der Waals surface area contributed by atoms with Gasteiger partial charge in [0.25, 0.3) is 0 Å². The molecule has 0 bridgehead atoms. The molecule has 1 fully saturated rings. The molecule has 2 aromatic carbocycles. The number of rotatable bonds is 3. The van der Waals surface area contributed by atoms with Crippen LogP contribution in [0.25, 0.3) is 0 Å². The Labute approximate surface area is 173 Å². The molecular weight excluding hydrogens is 360 g/mol. The normalized spacial score (nSPS) is 19.9. The molecule has 2 aliphatic rings. The van der Waals surface area contributed by atoms with E-state index in [2.05, 4.69) is 28.1 Å². The van der Waals surface area contributed by atoms with Gasteiger partial charge in [0, 0.05) is 18.8 Å². The molecule has 1 aliphatic carbocycles. The Morgan fingerprint density at radius 1 is 1.07 bits per heavy atom. The van der Waals surface area contributed by atoms with Gasteiger partial charge < -0.3 is 9.64 Å². The van der Waals surface area contributed by atoms with Crippen molar-refractivity contribution in [2.75, 3.05) is 25.0 Å². The SMILES string of the molecule is CN(/C(=N/C#N)Oc1ccccc1)c1ccc2c(c1)CCC(N1CCCC1)CC2. The van der Waals surface area contributed by atoms with Gasteiger partial charge in [0.05, 0.1) is 0 Å². The molecule has 0 spiro atoms. The lowest BCUT2D eigenvalue weighted by Gasteiger charge is -2.26. The summed E-state index contributed by atoms with van der Waals surface area (Å²) < 4.78 is 5.87. The van der Waals surface area contributed by atoms with Crippen LogP contribution < -0.4 is 9.64 Å². The van der Waals surface area contributed by atoms with Crippen molar-refractivity contribution < 1.29 is 4.74 Å². The van der Waals surface area contributed by atoms with E-state index in [1.54, 1.807) is 0 Å². The van der Waals surface area contributed by atoms with Gasteiger partial charge in [0.15, 0.2) is 0 Å². The molecule has 2 aromatic rings. The molecule has 1 unspecified atom stereocenters. The Hall–Kier alpha value is -2.84. The van der Waals surface area contributed by atoms with Crippen molar-refractivity contribution >= 4 is 11.7 Å². The van der Waals surface area contributed by atoms with E-state index in [1.807, 2.05) is 48.5 Å². The maximum atomic E-state index is 9.12. The van der Waals surface area contributed by atoms with E-state index in [4.69, 9.17) is 10.00 Å². The number of anilines is 1. The second kappa shape index (κ2) is 9.11. The van der Waals surface area contributed by atoms with Crippen molar-refractivity contribution in [2.45, 2.75) is 44.6 Å². The molecule has 1 atom stereocenters. The van der Waals surface area contributed by atoms with Crippen LogP contribution in [0.2, 0.25) is 0 Å². The van der Waals surface area contributed by atoms with E-state index in [0.717, 1.165) is 18.5 Å². The molecule has 0 radical (unpaired) electrons. The monoisotopic (exact) mass is 388 g/mol. The summed E-state index contributed by atoms with van der Waals surface area (Å²) in [5.74, 6) is 0.663. The molecule has 0 amide bonds. The maximum Gasteiger partial charge on any atom is 0.312 e. The smallest absolute Gasteiger partial charge is 0.312 e. The number of para-hydroxylation sites is 1. The first-order valence-electron chi connectivity index (χ1n) is 10.5. The number of nitrogens with zero attached hydrogens (tertiary/aromatic N) is 4. The Morgan fingerprint density at radius 2 is 1.79 bits per heavy atom. The van der Waals surface area contributed by atoms with Gasteiger partial charge in [-0.05, 0) is 87.0 Å². The number of hydrogen-bond acceptors (Lipinski definition) is 4. The zero-order valence-corrected chi connectivity index (χ0v) is 17.1. The molecule has 29 heavy (non-hydrogen) atoms. The number of benzene rings is 2. The van der Waals surface area contributed by atoms with Crippen LogP contribution in [0.15, 0.2) is 53.5 Å². The first-order chi connectivity index (χ1) is 14.2. The highest BCUT2D eigenvalue weighted by atomic mass is 16.5. The summed E-state index contributed by atoms with van der Waals surface area (Å²) in [4.78, 5) is 8.44. The summed E-state index contributed by atoms with van der Waals surface area (Å²) >= 11 is 0. The minimum atomic E-state index is 0.280. The molecule has 1 heterocycles. The summed E-state index contributed by atoms with van der Waals surface area (Å²) in [6.07, 6.45) is 9.27. The summed E-state index contributed by atoms with van der Waals surface area (Å²) in [7, 11) is 1.89. The Bertz CT molecular complexity index is 897. The third kappa shape index (κ3) is 4.60. The number of aliphatic imine (C=N–C) groups is 1. The highest BCUT2D eigenvalue weighted by Crippen LogP contribution is 2.29. The van der Waals surface area contributed by atoms with Crippen molar-refractivity contribution in [3.8, 4) is 11.9 Å². The average Bonchev–Trinajstić information content (AvgIpc) is 3.21. The number of likely N-dealkylation sites (tertiary alicyclic amines) is 1. The number of amidine groups is 1. The zero-order valence-electron chi connectivity index (χ0n) is 17.1. The second-order valence-corrected chi connectivity index (χ2v) is 7.90. The molecule has 0 aromatic heterocycles. The molecule has 0 saturated carbocycles. The Kier molecular flexibility index (Phi) is 6.12. The van der Waals surface area contributed by atoms with Crippen LogP contribution in [0.4, 0.5) is 5.69 Å². The van der Waals surface area contributed by atoms with E-state index in [1.165, 1.54) is 49.9 Å². The first kappa shape index (κ1) is 19.5. The summed E-state index contributed by atoms with van der Waals surface area (Å²) in [6, 6.07) is 17.0. The van der Waals surface area contributed by atoms with Gasteiger partial charge >= 0.3 is 6.02 Å². The third-order valence-corrected chi connectivity index (χ3v) is 6.11. The lowest BCUT2D eigenvalue weighted by Crippen LogP contribution is -2.32. The fraction of sp³-hybridized carbons (Fsp3) is 0.417. The fourth-order valence-corrected chi connectivity index (χ4v) is 4.47. The second-order valence-electron chi connectivity index (χ2n) is 7.90. The molecule has 150 valence electrons. The molecule has 1 aliphatic heterocycles. The molecule has 4 rings (SSSR count). The van der Waals surface area contributed by atoms with Crippen molar-refractivity contribution in [2.24, 2.45) is 4.99 Å². The molecule has 5 nitrogen and oxygen atoms in total. The van der Waals surface area contributed by atoms with Gasteiger partial charge in [-0.15, -0.1) is 4.99 Å². The van der Waals surface area contributed by atoms with Gasteiger partial charge in [-0.1, -0.05) is 24.3 Å². The predicted molar refractivity (Wildman–Crippen MR) is 116 cm³/mol. The molecule has 0 N–H and O–H groups in total. The Morgan fingerprint density at radius 3 is 2.52 bits per heavy atom. The largest absolute Gasteiger partial charge is 0.425 e. The molecule has 1 saturated heterocycles. The molecular formula is C24H28N4O. The van der Waals surface area contributed by atoms with Crippen molar-refractivity contribution in [3.63, 3.8) is 0 Å². The highest BCUT2D eigenvalue weighted by Gasteiger charge is 2.25. The number of ether oxygens (including phenoxy) is 1. The van der Waals surface area contributed by atoms with Crippen LogP contribution in [0.5, 0.6) is 5.75 Å². The van der Waals surface area contributed by atoms with Crippen molar-refractivity contribution in [3.05, 3.63) is 59.7 Å². The van der Waals surface area contributed by atoms with Gasteiger partial charge in [0.2, 0.25) is 6.19 Å². The van der Waals surface area contributed by atoms with E-state index >= 15 is 0 Å². The molecule has 5 heteroatoms. The number of hydrogen-bond donors (Lipinski definition) is 0. The predicted octanol–water partition coefficient (Wildman–Crippen LogP) is 4.38. The van der Waals surface area contributed by atoms with Gasteiger partial charge in [0.1, 0.15) is 5.75 Å². The minimum absolute atomic E-state index is 0.280. The van der Waals surface area contributed by atoms with Crippen LogP contribution in [0.3, 0.4) is 0 Å². The maximum absolute atomic E-state index is 9.12. The van der Waals surface area contributed by atoms with Gasteiger partial charge in [-0.3, -0.25) is 4.90 Å².